The number of amides is 1. The molecule has 1 amide bonds. The van der Waals surface area contributed by atoms with Crippen molar-refractivity contribution in [2.45, 2.75) is 43.0 Å². The normalized spacial score (nSPS) is 21.0. The predicted molar refractivity (Wildman–Crippen MR) is 77.4 cm³/mol. The number of nitrogens with one attached hydrogen (secondary N) is 1. The van der Waals surface area contributed by atoms with Gasteiger partial charge in [-0.3, -0.25) is 4.79 Å². The zero-order valence-electron chi connectivity index (χ0n) is 11.7. The fraction of sp³-hybridized carbons (Fsp3) is 0.727. The number of anilines is 1. The van der Waals surface area contributed by atoms with Crippen molar-refractivity contribution in [3.8, 4) is 0 Å². The molecule has 1 aromatic heterocycles. The van der Waals surface area contributed by atoms with Gasteiger partial charge >= 0.3 is 0 Å². The van der Waals surface area contributed by atoms with Crippen molar-refractivity contribution in [1.82, 2.24) is 14.5 Å². The summed E-state index contributed by atoms with van der Waals surface area (Å²) in [4.78, 5) is 11.0. The Morgan fingerprint density at radius 2 is 2.19 bits per heavy atom. The van der Waals surface area contributed by atoms with Gasteiger partial charge in [0.1, 0.15) is 0 Å². The van der Waals surface area contributed by atoms with E-state index in [0.29, 0.717) is 13.0 Å². The quantitative estimate of drug-likeness (QED) is 0.772. The summed E-state index contributed by atoms with van der Waals surface area (Å²) in [6, 6.07) is -0.425. The SMILES string of the molecule is CC(=O)Nc1nnc(S(=O)(=O)N2CCCCCC2CO)s1. The highest BCUT2D eigenvalue weighted by Gasteiger charge is 2.34. The first kappa shape index (κ1) is 16.3. The molecule has 1 aliphatic rings. The van der Waals surface area contributed by atoms with Crippen LogP contribution in [0.15, 0.2) is 4.34 Å². The van der Waals surface area contributed by atoms with E-state index in [0.717, 1.165) is 30.6 Å². The van der Waals surface area contributed by atoms with Gasteiger partial charge in [0.2, 0.25) is 15.4 Å². The molecular formula is C11H18N4O4S2. The summed E-state index contributed by atoms with van der Waals surface area (Å²) in [5.41, 5.74) is 0. The minimum absolute atomic E-state index is 0.149. The second-order valence-corrected chi connectivity index (χ2v) is 7.90. The van der Waals surface area contributed by atoms with E-state index in [4.69, 9.17) is 0 Å². The van der Waals surface area contributed by atoms with Crippen molar-refractivity contribution in [3.05, 3.63) is 0 Å². The summed E-state index contributed by atoms with van der Waals surface area (Å²) in [6.45, 7) is 1.46. The minimum Gasteiger partial charge on any atom is -0.395 e. The van der Waals surface area contributed by atoms with Crippen molar-refractivity contribution in [2.24, 2.45) is 0 Å². The van der Waals surface area contributed by atoms with Gasteiger partial charge in [-0.2, -0.15) is 4.31 Å². The van der Waals surface area contributed by atoms with Crippen LogP contribution in [0, 0.1) is 0 Å². The second-order valence-electron chi connectivity index (χ2n) is 4.86. The molecule has 21 heavy (non-hydrogen) atoms. The molecule has 1 atom stereocenters. The van der Waals surface area contributed by atoms with Gasteiger partial charge in [0.25, 0.3) is 10.0 Å². The monoisotopic (exact) mass is 334 g/mol. The molecule has 2 rings (SSSR count). The maximum Gasteiger partial charge on any atom is 0.272 e. The Labute approximate surface area is 127 Å². The topological polar surface area (TPSA) is 112 Å². The molecule has 118 valence electrons. The first-order chi connectivity index (χ1) is 9.95. The van der Waals surface area contributed by atoms with Crippen molar-refractivity contribution < 1.29 is 18.3 Å². The predicted octanol–water partition coefficient (Wildman–Crippen LogP) is 0.422. The third-order valence-corrected chi connectivity index (χ3v) is 6.39. The maximum absolute atomic E-state index is 12.6. The molecule has 0 aliphatic carbocycles. The van der Waals surface area contributed by atoms with E-state index in [1.54, 1.807) is 0 Å². The van der Waals surface area contributed by atoms with E-state index < -0.39 is 16.1 Å². The van der Waals surface area contributed by atoms with Crippen LogP contribution in [0.4, 0.5) is 5.13 Å². The van der Waals surface area contributed by atoms with Crippen LogP contribution < -0.4 is 5.32 Å². The summed E-state index contributed by atoms with van der Waals surface area (Å²) in [7, 11) is -3.79. The molecule has 1 aliphatic heterocycles. The number of carbonyl (C=O) groups excluding carboxylic acids is 1. The molecule has 1 fully saturated rings. The van der Waals surface area contributed by atoms with E-state index in [1.807, 2.05) is 0 Å². The Morgan fingerprint density at radius 3 is 2.86 bits per heavy atom. The maximum atomic E-state index is 12.6. The van der Waals surface area contributed by atoms with Gasteiger partial charge in [-0.05, 0) is 12.8 Å². The molecule has 0 radical (unpaired) electrons. The zero-order chi connectivity index (χ0) is 15.5. The van der Waals surface area contributed by atoms with E-state index >= 15 is 0 Å². The lowest BCUT2D eigenvalue weighted by Crippen LogP contribution is -2.42. The average Bonchev–Trinajstić information content (AvgIpc) is 2.74. The first-order valence-electron chi connectivity index (χ1n) is 6.69. The standard InChI is InChI=1S/C11H18N4O4S2/c1-8(17)12-10-13-14-11(20-10)21(18,19)15-6-4-2-3-5-9(15)7-16/h9,16H,2-7H2,1H3,(H,12,13,17). The number of aromatic nitrogens is 2. The molecule has 10 heteroatoms. The Balaban J connectivity index is 2.26. The highest BCUT2D eigenvalue weighted by Crippen LogP contribution is 2.28. The molecule has 1 aromatic rings. The van der Waals surface area contributed by atoms with Crippen LogP contribution >= 0.6 is 11.3 Å². The lowest BCUT2D eigenvalue weighted by atomic mass is 10.1. The lowest BCUT2D eigenvalue weighted by Gasteiger charge is -2.26. The highest BCUT2D eigenvalue weighted by atomic mass is 32.2. The van der Waals surface area contributed by atoms with Crippen molar-refractivity contribution >= 4 is 32.4 Å². The van der Waals surface area contributed by atoms with Crippen molar-refractivity contribution in [1.29, 1.82) is 0 Å². The van der Waals surface area contributed by atoms with Crippen molar-refractivity contribution in [2.75, 3.05) is 18.5 Å². The molecule has 0 spiro atoms. The molecule has 1 unspecified atom stereocenters. The Kier molecular flexibility index (Phi) is 5.25. The molecule has 0 saturated carbocycles. The summed E-state index contributed by atoms with van der Waals surface area (Å²) < 4.78 is 26.4. The zero-order valence-corrected chi connectivity index (χ0v) is 13.3. The van der Waals surface area contributed by atoms with Crippen LogP contribution in [0.5, 0.6) is 0 Å². The highest BCUT2D eigenvalue weighted by molar-refractivity contribution is 7.91. The third kappa shape index (κ3) is 3.76. The Hall–Kier alpha value is -1.10. The number of carbonyl (C=O) groups is 1. The summed E-state index contributed by atoms with van der Waals surface area (Å²) in [5.74, 6) is -0.335. The van der Waals surface area contributed by atoms with Crippen LogP contribution in [0.1, 0.15) is 32.6 Å². The van der Waals surface area contributed by atoms with Gasteiger partial charge in [0, 0.05) is 19.5 Å². The number of sulfonamides is 1. The molecule has 1 saturated heterocycles. The van der Waals surface area contributed by atoms with E-state index in [1.165, 1.54) is 11.2 Å². The van der Waals surface area contributed by atoms with E-state index in [2.05, 4.69) is 15.5 Å². The summed E-state index contributed by atoms with van der Waals surface area (Å²) in [6.07, 6.45) is 3.22. The molecule has 2 heterocycles. The molecular weight excluding hydrogens is 316 g/mol. The fourth-order valence-electron chi connectivity index (χ4n) is 2.27. The number of hydrogen-bond donors (Lipinski definition) is 2. The Bertz CT molecular complexity index is 601. The molecule has 2 N–H and O–H groups in total. The minimum atomic E-state index is -3.79. The lowest BCUT2D eigenvalue weighted by molar-refractivity contribution is -0.114. The number of rotatable bonds is 4. The van der Waals surface area contributed by atoms with Crippen molar-refractivity contribution in [3.63, 3.8) is 0 Å². The largest absolute Gasteiger partial charge is 0.395 e. The summed E-state index contributed by atoms with van der Waals surface area (Å²) >= 11 is 0.816. The van der Waals surface area contributed by atoms with Gasteiger partial charge in [0.05, 0.1) is 6.61 Å². The molecule has 0 aromatic carbocycles. The average molecular weight is 334 g/mol. The van der Waals surface area contributed by atoms with Gasteiger partial charge in [-0.1, -0.05) is 24.2 Å². The number of hydrogen-bond acceptors (Lipinski definition) is 7. The van der Waals surface area contributed by atoms with Crippen LogP contribution in [-0.2, 0) is 14.8 Å². The van der Waals surface area contributed by atoms with Gasteiger partial charge in [-0.25, -0.2) is 8.42 Å². The Morgan fingerprint density at radius 1 is 1.43 bits per heavy atom. The number of nitrogens with zero attached hydrogens (tertiary/aromatic N) is 3. The van der Waals surface area contributed by atoms with E-state index in [-0.39, 0.29) is 22.0 Å². The van der Waals surface area contributed by atoms with Gasteiger partial charge < -0.3 is 10.4 Å². The number of aliphatic hydroxyl groups excluding tert-OH is 1. The smallest absolute Gasteiger partial charge is 0.272 e. The molecule has 0 bridgehead atoms. The third-order valence-electron chi connectivity index (χ3n) is 3.25. The fourth-order valence-corrected chi connectivity index (χ4v) is 5.01. The van der Waals surface area contributed by atoms with Crippen LogP contribution in [0.3, 0.4) is 0 Å². The second kappa shape index (κ2) is 6.77. The summed E-state index contributed by atoms with van der Waals surface area (Å²) in [5, 5.41) is 19.3. The van der Waals surface area contributed by atoms with Crippen LogP contribution in [0.2, 0.25) is 0 Å². The van der Waals surface area contributed by atoms with Gasteiger partial charge in [0.15, 0.2) is 0 Å². The van der Waals surface area contributed by atoms with Crippen LogP contribution in [0.25, 0.3) is 0 Å². The van der Waals surface area contributed by atoms with Crippen LogP contribution in [-0.4, -0.2) is 53.1 Å². The van der Waals surface area contributed by atoms with Gasteiger partial charge in [-0.15, -0.1) is 10.2 Å². The number of aliphatic hydroxyl groups is 1. The first-order valence-corrected chi connectivity index (χ1v) is 8.94. The van der Waals surface area contributed by atoms with E-state index in [9.17, 15) is 18.3 Å². The molecule has 8 nitrogen and oxygen atoms in total.